The predicted molar refractivity (Wildman–Crippen MR) is 115 cm³/mol. The van der Waals surface area contributed by atoms with Gasteiger partial charge >= 0.3 is 0 Å². The Bertz CT molecular complexity index is 1130. The molecule has 1 unspecified atom stereocenters. The zero-order valence-corrected chi connectivity index (χ0v) is 16.9. The van der Waals surface area contributed by atoms with Crippen LogP contribution in [0.25, 0.3) is 10.9 Å². The van der Waals surface area contributed by atoms with Crippen molar-refractivity contribution in [3.63, 3.8) is 0 Å². The molecule has 4 aromatic rings. The van der Waals surface area contributed by atoms with Crippen molar-refractivity contribution in [3.05, 3.63) is 83.6 Å². The van der Waals surface area contributed by atoms with Crippen LogP contribution in [-0.4, -0.2) is 33.1 Å². The summed E-state index contributed by atoms with van der Waals surface area (Å²) in [6, 6.07) is 17.4. The van der Waals surface area contributed by atoms with Crippen molar-refractivity contribution in [1.82, 2.24) is 19.4 Å². The normalized spacial score (nSPS) is 16.8. The molecule has 0 fully saturated rings. The highest BCUT2D eigenvalue weighted by Crippen LogP contribution is 2.33. The molecule has 1 N–H and O–H groups in total. The third kappa shape index (κ3) is 3.32. The number of aryl methyl sites for hydroxylation is 1. The van der Waals surface area contributed by atoms with Crippen molar-refractivity contribution in [2.75, 3.05) is 13.7 Å². The highest BCUT2D eigenvalue weighted by molar-refractivity contribution is 5.80. The SMILES string of the molecule is CCn1ccc2cc(CN3Cc4[nH]cnc4C(c4ccc(OC)cc4)C3)ccc21. The largest absolute Gasteiger partial charge is 0.497 e. The Hall–Kier alpha value is -3.05. The number of hydrogen-bond donors (Lipinski definition) is 1. The number of aromatic nitrogens is 3. The lowest BCUT2D eigenvalue weighted by Gasteiger charge is -2.32. The van der Waals surface area contributed by atoms with Gasteiger partial charge in [0.05, 0.1) is 24.8 Å². The fourth-order valence-electron chi connectivity index (χ4n) is 4.49. The molecule has 5 heteroatoms. The Kier molecular flexibility index (Phi) is 4.60. The molecule has 148 valence electrons. The summed E-state index contributed by atoms with van der Waals surface area (Å²) in [4.78, 5) is 10.5. The van der Waals surface area contributed by atoms with E-state index >= 15 is 0 Å². The third-order valence-corrected chi connectivity index (χ3v) is 6.00. The van der Waals surface area contributed by atoms with E-state index in [-0.39, 0.29) is 5.92 Å². The molecule has 0 saturated heterocycles. The molecule has 0 aliphatic carbocycles. The summed E-state index contributed by atoms with van der Waals surface area (Å²) < 4.78 is 7.61. The van der Waals surface area contributed by atoms with Gasteiger partial charge in [0, 0.05) is 43.8 Å². The minimum Gasteiger partial charge on any atom is -0.497 e. The summed E-state index contributed by atoms with van der Waals surface area (Å²) in [6.45, 7) is 5.97. The number of methoxy groups -OCH3 is 1. The van der Waals surface area contributed by atoms with Crippen LogP contribution in [0.5, 0.6) is 5.75 Å². The fraction of sp³-hybridized carbons (Fsp3) is 0.292. The zero-order chi connectivity index (χ0) is 19.8. The van der Waals surface area contributed by atoms with Gasteiger partial charge in [-0.15, -0.1) is 0 Å². The van der Waals surface area contributed by atoms with Gasteiger partial charge in [-0.2, -0.15) is 0 Å². The monoisotopic (exact) mass is 386 g/mol. The van der Waals surface area contributed by atoms with E-state index in [0.717, 1.165) is 31.9 Å². The van der Waals surface area contributed by atoms with E-state index in [9.17, 15) is 0 Å². The van der Waals surface area contributed by atoms with E-state index < -0.39 is 0 Å². The first-order valence-corrected chi connectivity index (χ1v) is 10.2. The van der Waals surface area contributed by atoms with Gasteiger partial charge in [0.15, 0.2) is 0 Å². The average Bonchev–Trinajstić information content (AvgIpc) is 3.39. The van der Waals surface area contributed by atoms with Gasteiger partial charge in [-0.05, 0) is 53.8 Å². The van der Waals surface area contributed by atoms with E-state index in [1.807, 2.05) is 18.5 Å². The molecule has 0 saturated carbocycles. The molecule has 5 nitrogen and oxygen atoms in total. The van der Waals surface area contributed by atoms with Crippen LogP contribution in [0, 0.1) is 0 Å². The van der Waals surface area contributed by atoms with E-state index in [2.05, 4.69) is 69.0 Å². The molecule has 1 aliphatic rings. The molecular formula is C24H26N4O. The molecule has 2 aromatic heterocycles. The van der Waals surface area contributed by atoms with Gasteiger partial charge in [0.2, 0.25) is 0 Å². The summed E-state index contributed by atoms with van der Waals surface area (Å²) in [6.07, 6.45) is 4.00. The second-order valence-corrected chi connectivity index (χ2v) is 7.76. The lowest BCUT2D eigenvalue weighted by atomic mass is 9.90. The van der Waals surface area contributed by atoms with E-state index in [1.54, 1.807) is 7.11 Å². The van der Waals surface area contributed by atoms with Crippen LogP contribution in [0.2, 0.25) is 0 Å². The average molecular weight is 386 g/mol. The van der Waals surface area contributed by atoms with Crippen molar-refractivity contribution in [3.8, 4) is 5.75 Å². The second kappa shape index (κ2) is 7.41. The number of nitrogens with one attached hydrogen (secondary N) is 1. The van der Waals surface area contributed by atoms with Gasteiger partial charge in [-0.1, -0.05) is 18.2 Å². The number of benzene rings is 2. The number of rotatable bonds is 5. The summed E-state index contributed by atoms with van der Waals surface area (Å²) in [5, 5.41) is 1.32. The van der Waals surface area contributed by atoms with Crippen LogP contribution in [0.4, 0.5) is 0 Å². The maximum Gasteiger partial charge on any atom is 0.118 e. The molecular weight excluding hydrogens is 360 g/mol. The van der Waals surface area contributed by atoms with Crippen molar-refractivity contribution < 1.29 is 4.74 Å². The maximum atomic E-state index is 5.32. The molecule has 5 rings (SSSR count). The summed E-state index contributed by atoms with van der Waals surface area (Å²) in [5.41, 5.74) is 6.32. The van der Waals surface area contributed by atoms with Crippen LogP contribution in [-0.2, 0) is 19.6 Å². The third-order valence-electron chi connectivity index (χ3n) is 6.00. The second-order valence-electron chi connectivity index (χ2n) is 7.76. The first-order chi connectivity index (χ1) is 14.2. The van der Waals surface area contributed by atoms with Gasteiger partial charge in [-0.25, -0.2) is 4.98 Å². The molecule has 1 aliphatic heterocycles. The lowest BCUT2D eigenvalue weighted by molar-refractivity contribution is 0.228. The van der Waals surface area contributed by atoms with Crippen LogP contribution in [0.3, 0.4) is 0 Å². The van der Waals surface area contributed by atoms with Crippen LogP contribution < -0.4 is 4.74 Å². The van der Waals surface area contributed by atoms with E-state index in [4.69, 9.17) is 4.74 Å². The molecule has 0 bridgehead atoms. The maximum absolute atomic E-state index is 5.32. The Morgan fingerprint density at radius 2 is 2.00 bits per heavy atom. The molecule has 1 atom stereocenters. The lowest BCUT2D eigenvalue weighted by Crippen LogP contribution is -2.33. The van der Waals surface area contributed by atoms with Crippen LogP contribution >= 0.6 is 0 Å². The fourth-order valence-corrected chi connectivity index (χ4v) is 4.49. The molecule has 29 heavy (non-hydrogen) atoms. The van der Waals surface area contributed by atoms with Crippen LogP contribution in [0.15, 0.2) is 61.1 Å². The number of nitrogens with zero attached hydrogens (tertiary/aromatic N) is 3. The Labute approximate surface area is 170 Å². The summed E-state index contributed by atoms with van der Waals surface area (Å²) in [7, 11) is 1.70. The quantitative estimate of drug-likeness (QED) is 0.548. The van der Waals surface area contributed by atoms with Gasteiger partial charge < -0.3 is 14.3 Å². The van der Waals surface area contributed by atoms with E-state index in [0.29, 0.717) is 0 Å². The molecule has 0 radical (unpaired) electrons. The van der Waals surface area contributed by atoms with Gasteiger partial charge in [0.1, 0.15) is 5.75 Å². The van der Waals surface area contributed by atoms with Crippen molar-refractivity contribution in [2.24, 2.45) is 0 Å². The van der Waals surface area contributed by atoms with Gasteiger partial charge in [-0.3, -0.25) is 4.90 Å². The summed E-state index contributed by atoms with van der Waals surface area (Å²) in [5.74, 6) is 1.15. The van der Waals surface area contributed by atoms with E-state index in [1.165, 1.54) is 33.4 Å². The summed E-state index contributed by atoms with van der Waals surface area (Å²) >= 11 is 0. The highest BCUT2D eigenvalue weighted by atomic mass is 16.5. The van der Waals surface area contributed by atoms with Crippen molar-refractivity contribution in [2.45, 2.75) is 32.5 Å². The Balaban J connectivity index is 1.41. The Morgan fingerprint density at radius 1 is 1.14 bits per heavy atom. The minimum absolute atomic E-state index is 0.265. The molecule has 3 heterocycles. The zero-order valence-electron chi connectivity index (χ0n) is 16.9. The minimum atomic E-state index is 0.265. The Morgan fingerprint density at radius 3 is 2.79 bits per heavy atom. The smallest absolute Gasteiger partial charge is 0.118 e. The van der Waals surface area contributed by atoms with Crippen molar-refractivity contribution in [1.29, 1.82) is 0 Å². The topological polar surface area (TPSA) is 46.1 Å². The van der Waals surface area contributed by atoms with Crippen LogP contribution in [0.1, 0.15) is 35.4 Å². The molecule has 0 amide bonds. The standard InChI is InChI=1S/C24H26N4O/c1-3-28-11-10-19-12-17(4-9-23(19)28)13-27-14-21(24-22(15-27)25-16-26-24)18-5-7-20(29-2)8-6-18/h4-12,16,21H,3,13-15H2,1-2H3,(H,25,26). The molecule has 2 aromatic carbocycles. The van der Waals surface area contributed by atoms with Crippen molar-refractivity contribution >= 4 is 10.9 Å². The number of fused-ring (bicyclic) bond motifs is 2. The number of imidazole rings is 1. The molecule has 0 spiro atoms. The predicted octanol–water partition coefficient (Wildman–Crippen LogP) is 4.54. The van der Waals surface area contributed by atoms with Gasteiger partial charge in [0.25, 0.3) is 0 Å². The number of hydrogen-bond acceptors (Lipinski definition) is 3. The first-order valence-electron chi connectivity index (χ1n) is 10.2. The first kappa shape index (κ1) is 18.0. The number of H-pyrrole nitrogens is 1. The number of aromatic amines is 1. The highest BCUT2D eigenvalue weighted by Gasteiger charge is 2.29. The number of ether oxygens (including phenoxy) is 1.